The molecule has 1 aliphatic carbocycles. The number of hydrogen-bond acceptors (Lipinski definition) is 3. The van der Waals surface area contributed by atoms with Gasteiger partial charge in [0.05, 0.1) is 6.61 Å². The van der Waals surface area contributed by atoms with Gasteiger partial charge in [-0.25, -0.2) is 0 Å². The zero-order chi connectivity index (χ0) is 12.7. The third-order valence-electron chi connectivity index (χ3n) is 4.16. The summed E-state index contributed by atoms with van der Waals surface area (Å²) in [7, 11) is 3.99. The number of ether oxygens (including phenoxy) is 1. The Kier molecular flexibility index (Phi) is 7.09. The van der Waals surface area contributed by atoms with Gasteiger partial charge in [-0.15, -0.1) is 0 Å². The number of rotatable bonds is 7. The van der Waals surface area contributed by atoms with Crippen molar-refractivity contribution in [2.24, 2.45) is 17.6 Å². The highest BCUT2D eigenvalue weighted by Crippen LogP contribution is 2.25. The zero-order valence-corrected chi connectivity index (χ0v) is 11.8. The Morgan fingerprint density at radius 1 is 1.29 bits per heavy atom. The lowest BCUT2D eigenvalue weighted by molar-refractivity contribution is 0.0862. The molecule has 0 radical (unpaired) electrons. The molecule has 102 valence electrons. The van der Waals surface area contributed by atoms with Crippen molar-refractivity contribution in [1.29, 1.82) is 0 Å². The molecule has 0 aromatic rings. The minimum atomic E-state index is 0.455. The highest BCUT2D eigenvalue weighted by molar-refractivity contribution is 4.78. The highest BCUT2D eigenvalue weighted by Gasteiger charge is 2.23. The summed E-state index contributed by atoms with van der Waals surface area (Å²) < 4.78 is 5.24. The quantitative estimate of drug-likeness (QED) is 0.743. The second-order valence-corrected chi connectivity index (χ2v) is 5.68. The summed E-state index contributed by atoms with van der Waals surface area (Å²) in [5, 5.41) is 0. The van der Waals surface area contributed by atoms with E-state index < -0.39 is 0 Å². The fourth-order valence-corrected chi connectivity index (χ4v) is 3.13. The second-order valence-electron chi connectivity index (χ2n) is 5.68. The van der Waals surface area contributed by atoms with Crippen molar-refractivity contribution in [3.05, 3.63) is 0 Å². The fraction of sp³-hybridized carbons (Fsp3) is 1.00. The van der Waals surface area contributed by atoms with Crippen LogP contribution in [-0.4, -0.2) is 44.8 Å². The van der Waals surface area contributed by atoms with E-state index in [1.165, 1.54) is 38.6 Å². The average Bonchev–Trinajstić information content (AvgIpc) is 2.31. The van der Waals surface area contributed by atoms with Crippen LogP contribution in [0.3, 0.4) is 0 Å². The van der Waals surface area contributed by atoms with E-state index in [1.807, 2.05) is 0 Å². The molecule has 1 fully saturated rings. The fourth-order valence-electron chi connectivity index (χ4n) is 3.13. The Labute approximate surface area is 107 Å². The lowest BCUT2D eigenvalue weighted by Crippen LogP contribution is -2.46. The van der Waals surface area contributed by atoms with Gasteiger partial charge in [0.25, 0.3) is 0 Å². The summed E-state index contributed by atoms with van der Waals surface area (Å²) in [6.07, 6.45) is 7.07. The van der Waals surface area contributed by atoms with Crippen LogP contribution < -0.4 is 5.73 Å². The molecule has 17 heavy (non-hydrogen) atoms. The van der Waals surface area contributed by atoms with Crippen molar-refractivity contribution in [2.45, 2.75) is 45.1 Å². The molecular formula is C14H30N2O. The van der Waals surface area contributed by atoms with Crippen LogP contribution in [0.4, 0.5) is 0 Å². The highest BCUT2D eigenvalue weighted by atomic mass is 16.5. The summed E-state index contributed by atoms with van der Waals surface area (Å²) in [4.78, 5) is 2.46. The van der Waals surface area contributed by atoms with E-state index in [9.17, 15) is 0 Å². The molecule has 0 aromatic carbocycles. The minimum absolute atomic E-state index is 0.455. The molecule has 0 spiro atoms. The van der Waals surface area contributed by atoms with Crippen molar-refractivity contribution in [3.63, 3.8) is 0 Å². The van der Waals surface area contributed by atoms with Crippen LogP contribution in [0.2, 0.25) is 0 Å². The topological polar surface area (TPSA) is 38.5 Å². The number of nitrogens with zero attached hydrogens (tertiary/aromatic N) is 1. The summed E-state index contributed by atoms with van der Waals surface area (Å²) >= 11 is 0. The van der Waals surface area contributed by atoms with Crippen LogP contribution >= 0.6 is 0 Å². The standard InChI is InChI=1S/C14H30N2O/c1-12(11-17-3)14(9-15)16(2)10-13-7-5-4-6-8-13/h12-14H,4-11,15H2,1-3H3. The molecule has 1 saturated carbocycles. The Hall–Kier alpha value is -0.120. The van der Waals surface area contributed by atoms with E-state index in [-0.39, 0.29) is 0 Å². The number of hydrogen-bond donors (Lipinski definition) is 1. The van der Waals surface area contributed by atoms with E-state index >= 15 is 0 Å². The first-order chi connectivity index (χ1) is 8.19. The van der Waals surface area contributed by atoms with Gasteiger partial charge < -0.3 is 15.4 Å². The van der Waals surface area contributed by atoms with Gasteiger partial charge in [-0.05, 0) is 31.7 Å². The predicted octanol–water partition coefficient (Wildman–Crippen LogP) is 2.11. The van der Waals surface area contributed by atoms with Gasteiger partial charge in [0.15, 0.2) is 0 Å². The van der Waals surface area contributed by atoms with Gasteiger partial charge in [-0.3, -0.25) is 0 Å². The second kappa shape index (κ2) is 8.06. The summed E-state index contributed by atoms with van der Waals surface area (Å²) in [6.45, 7) is 4.97. The summed E-state index contributed by atoms with van der Waals surface area (Å²) in [5.74, 6) is 1.40. The van der Waals surface area contributed by atoms with Crippen LogP contribution in [0.1, 0.15) is 39.0 Å². The lowest BCUT2D eigenvalue weighted by Gasteiger charge is -2.35. The number of likely N-dealkylation sites (N-methyl/N-ethyl adjacent to an activating group) is 1. The Bertz CT molecular complexity index is 193. The first-order valence-electron chi connectivity index (χ1n) is 7.08. The maximum absolute atomic E-state index is 5.91. The third kappa shape index (κ3) is 4.94. The van der Waals surface area contributed by atoms with Crippen molar-refractivity contribution in [3.8, 4) is 0 Å². The smallest absolute Gasteiger partial charge is 0.0503 e. The molecule has 2 unspecified atom stereocenters. The van der Waals surface area contributed by atoms with E-state index in [0.717, 1.165) is 19.1 Å². The van der Waals surface area contributed by atoms with Crippen LogP contribution in [0, 0.1) is 11.8 Å². The summed E-state index contributed by atoms with van der Waals surface area (Å²) in [5.41, 5.74) is 5.91. The molecule has 0 bridgehead atoms. The van der Waals surface area contributed by atoms with Crippen LogP contribution in [-0.2, 0) is 4.74 Å². The molecule has 3 nitrogen and oxygen atoms in total. The normalized spacial score (nSPS) is 21.7. The molecule has 0 saturated heterocycles. The SMILES string of the molecule is COCC(C)C(CN)N(C)CC1CCCCC1. The van der Waals surface area contributed by atoms with Crippen molar-refractivity contribution in [1.82, 2.24) is 4.90 Å². The lowest BCUT2D eigenvalue weighted by atomic mass is 9.88. The Morgan fingerprint density at radius 3 is 2.47 bits per heavy atom. The minimum Gasteiger partial charge on any atom is -0.384 e. The number of methoxy groups -OCH3 is 1. The average molecular weight is 242 g/mol. The van der Waals surface area contributed by atoms with Crippen molar-refractivity contribution >= 4 is 0 Å². The summed E-state index contributed by atoms with van der Waals surface area (Å²) in [6, 6.07) is 0.455. The molecule has 2 N–H and O–H groups in total. The monoisotopic (exact) mass is 242 g/mol. The van der Waals surface area contributed by atoms with Crippen LogP contribution in [0.15, 0.2) is 0 Å². The largest absolute Gasteiger partial charge is 0.384 e. The van der Waals surface area contributed by atoms with Crippen molar-refractivity contribution in [2.75, 3.05) is 33.9 Å². The van der Waals surface area contributed by atoms with Gasteiger partial charge >= 0.3 is 0 Å². The Morgan fingerprint density at radius 2 is 1.94 bits per heavy atom. The van der Waals surface area contributed by atoms with E-state index in [4.69, 9.17) is 10.5 Å². The zero-order valence-electron chi connectivity index (χ0n) is 11.8. The maximum Gasteiger partial charge on any atom is 0.0503 e. The molecule has 1 rings (SSSR count). The maximum atomic E-state index is 5.91. The molecular weight excluding hydrogens is 212 g/mol. The van der Waals surface area contributed by atoms with E-state index in [0.29, 0.717) is 12.0 Å². The van der Waals surface area contributed by atoms with Gasteiger partial charge in [0.2, 0.25) is 0 Å². The third-order valence-corrected chi connectivity index (χ3v) is 4.16. The Balaban J connectivity index is 2.38. The predicted molar refractivity (Wildman–Crippen MR) is 73.1 cm³/mol. The van der Waals surface area contributed by atoms with Gasteiger partial charge in [0.1, 0.15) is 0 Å². The van der Waals surface area contributed by atoms with E-state index in [2.05, 4.69) is 18.9 Å². The van der Waals surface area contributed by atoms with Crippen molar-refractivity contribution < 1.29 is 4.74 Å². The van der Waals surface area contributed by atoms with Gasteiger partial charge in [-0.1, -0.05) is 26.2 Å². The molecule has 0 heterocycles. The van der Waals surface area contributed by atoms with Gasteiger partial charge in [-0.2, -0.15) is 0 Å². The van der Waals surface area contributed by atoms with E-state index in [1.54, 1.807) is 7.11 Å². The van der Waals surface area contributed by atoms with Gasteiger partial charge in [0, 0.05) is 26.2 Å². The van der Waals surface area contributed by atoms with Crippen LogP contribution in [0.5, 0.6) is 0 Å². The van der Waals surface area contributed by atoms with Crippen LogP contribution in [0.25, 0.3) is 0 Å². The first kappa shape index (κ1) is 14.9. The molecule has 0 aromatic heterocycles. The number of nitrogens with two attached hydrogens (primary N) is 1. The molecule has 2 atom stereocenters. The molecule has 0 aliphatic heterocycles. The molecule has 0 amide bonds. The first-order valence-corrected chi connectivity index (χ1v) is 7.08. The molecule has 1 aliphatic rings. The molecule has 3 heteroatoms.